The van der Waals surface area contributed by atoms with Gasteiger partial charge in [-0.2, -0.15) is 0 Å². The van der Waals surface area contributed by atoms with Gasteiger partial charge in [-0.1, -0.05) is 30.3 Å². The van der Waals surface area contributed by atoms with Gasteiger partial charge < -0.3 is 14.5 Å². The highest BCUT2D eigenvalue weighted by molar-refractivity contribution is 5.99. The highest BCUT2D eigenvalue weighted by Gasteiger charge is 2.27. The van der Waals surface area contributed by atoms with Crippen LogP contribution in [0.4, 0.5) is 0 Å². The molecule has 0 aromatic heterocycles. The molecule has 0 radical (unpaired) electrons. The van der Waals surface area contributed by atoms with E-state index in [2.05, 4.69) is 39.9 Å². The predicted octanol–water partition coefficient (Wildman–Crippen LogP) is 1.90. The summed E-state index contributed by atoms with van der Waals surface area (Å²) in [5, 5.41) is 0. The summed E-state index contributed by atoms with van der Waals surface area (Å²) in [4.78, 5) is 34.7. The van der Waals surface area contributed by atoms with Crippen LogP contribution in [0.25, 0.3) is 0 Å². The zero-order valence-corrected chi connectivity index (χ0v) is 20.0. The first-order valence-corrected chi connectivity index (χ1v) is 12.3. The Labute approximate surface area is 201 Å². The second kappa shape index (κ2) is 10.3. The highest BCUT2D eigenvalue weighted by Crippen LogP contribution is 2.26. The number of carbonyl (C=O) groups excluding carboxylic acids is 2. The van der Waals surface area contributed by atoms with Crippen LogP contribution in [0.5, 0.6) is 5.75 Å². The maximum atomic E-state index is 13.2. The summed E-state index contributed by atoms with van der Waals surface area (Å²) in [5.41, 5.74) is 4.38. The summed E-state index contributed by atoms with van der Waals surface area (Å²) in [7, 11) is 2.15. The van der Waals surface area contributed by atoms with Gasteiger partial charge in [-0.15, -0.1) is 0 Å². The van der Waals surface area contributed by atoms with E-state index in [1.807, 2.05) is 24.3 Å². The van der Waals surface area contributed by atoms with Gasteiger partial charge >= 0.3 is 0 Å². The molecule has 7 nitrogen and oxygen atoms in total. The van der Waals surface area contributed by atoms with Crippen molar-refractivity contribution < 1.29 is 14.3 Å². The predicted molar refractivity (Wildman–Crippen MR) is 131 cm³/mol. The molecular weight excluding hydrogens is 428 g/mol. The molecule has 3 heterocycles. The quantitative estimate of drug-likeness (QED) is 0.654. The number of amides is 1. The van der Waals surface area contributed by atoms with Crippen molar-refractivity contribution >= 4 is 11.7 Å². The van der Waals surface area contributed by atoms with E-state index < -0.39 is 0 Å². The average Bonchev–Trinajstić information content (AvgIpc) is 2.99. The first kappa shape index (κ1) is 23.0. The number of ether oxygens (including phenoxy) is 1. The molecule has 1 saturated heterocycles. The van der Waals surface area contributed by atoms with Gasteiger partial charge in [0, 0.05) is 45.8 Å². The first-order valence-electron chi connectivity index (χ1n) is 12.3. The van der Waals surface area contributed by atoms with Crippen LogP contribution in [0.1, 0.15) is 27.0 Å². The van der Waals surface area contributed by atoms with Crippen molar-refractivity contribution in [2.24, 2.45) is 0 Å². The van der Waals surface area contributed by atoms with E-state index in [1.54, 1.807) is 4.90 Å². The van der Waals surface area contributed by atoms with Gasteiger partial charge in [-0.05, 0) is 42.3 Å². The molecule has 7 heteroatoms. The van der Waals surface area contributed by atoms with Gasteiger partial charge in [-0.25, -0.2) is 0 Å². The Kier molecular flexibility index (Phi) is 6.94. The zero-order chi connectivity index (χ0) is 23.5. The van der Waals surface area contributed by atoms with Gasteiger partial charge in [0.05, 0.1) is 25.2 Å². The normalized spacial score (nSPS) is 19.8. The van der Waals surface area contributed by atoms with Crippen LogP contribution in [0.15, 0.2) is 42.5 Å². The van der Waals surface area contributed by atoms with Crippen LogP contribution in [0.2, 0.25) is 0 Å². The lowest BCUT2D eigenvalue weighted by molar-refractivity contribution is -0.121. The van der Waals surface area contributed by atoms with E-state index in [0.717, 1.165) is 57.8 Å². The first-order chi connectivity index (χ1) is 16.5. The van der Waals surface area contributed by atoms with Gasteiger partial charge in [0.2, 0.25) is 0 Å². The minimum absolute atomic E-state index is 0.0721. The minimum Gasteiger partial charge on any atom is -0.491 e. The Morgan fingerprint density at radius 1 is 0.912 bits per heavy atom. The Bertz CT molecular complexity index is 1050. The molecule has 0 spiro atoms. The standard InChI is InChI=1S/C27H34N4O3/c1-28-10-12-29(13-11-28)17-21-6-7-25-26(16-21)34-15-14-31(27(25)33)20-24(32)19-30-9-8-22-4-2-3-5-23(22)18-30/h2-7,16H,8-15,17-20H2,1H3. The fourth-order valence-electron chi connectivity index (χ4n) is 5.12. The summed E-state index contributed by atoms with van der Waals surface area (Å²) in [6.45, 7) is 8.10. The maximum absolute atomic E-state index is 13.2. The van der Waals surface area contributed by atoms with Crippen LogP contribution < -0.4 is 4.74 Å². The summed E-state index contributed by atoms with van der Waals surface area (Å²) in [6, 6.07) is 14.3. The van der Waals surface area contributed by atoms with Crippen molar-refractivity contribution in [3.05, 3.63) is 64.7 Å². The fourth-order valence-corrected chi connectivity index (χ4v) is 5.12. The number of ketones is 1. The molecule has 3 aliphatic rings. The van der Waals surface area contributed by atoms with Crippen molar-refractivity contribution in [3.8, 4) is 5.75 Å². The van der Waals surface area contributed by atoms with Crippen LogP contribution in [-0.4, -0.2) is 97.3 Å². The Morgan fingerprint density at radius 3 is 2.53 bits per heavy atom. The van der Waals surface area contributed by atoms with Gasteiger partial charge in [-0.3, -0.25) is 19.4 Å². The molecule has 1 amide bonds. The van der Waals surface area contributed by atoms with Crippen LogP contribution in [0, 0.1) is 0 Å². The second-order valence-corrected chi connectivity index (χ2v) is 9.75. The Morgan fingerprint density at radius 2 is 1.71 bits per heavy atom. The third-order valence-electron chi connectivity index (χ3n) is 7.16. The van der Waals surface area contributed by atoms with Crippen molar-refractivity contribution in [1.29, 1.82) is 0 Å². The number of hydrogen-bond donors (Lipinski definition) is 0. The third-order valence-corrected chi connectivity index (χ3v) is 7.16. The van der Waals surface area contributed by atoms with Crippen molar-refractivity contribution in [3.63, 3.8) is 0 Å². The summed E-state index contributed by atoms with van der Waals surface area (Å²) in [5.74, 6) is 0.595. The molecule has 0 aliphatic carbocycles. The Hall–Kier alpha value is -2.74. The maximum Gasteiger partial charge on any atom is 0.258 e. The van der Waals surface area contributed by atoms with E-state index in [0.29, 0.717) is 31.0 Å². The Balaban J connectivity index is 1.19. The number of Topliss-reactive ketones (excluding diaryl/α,β-unsaturated/α-hetero) is 1. The van der Waals surface area contributed by atoms with Crippen LogP contribution >= 0.6 is 0 Å². The number of hydrogen-bond acceptors (Lipinski definition) is 6. The molecule has 0 N–H and O–H groups in total. The molecule has 0 atom stereocenters. The van der Waals surface area contributed by atoms with Crippen LogP contribution in [-0.2, 0) is 24.3 Å². The minimum atomic E-state index is -0.115. The number of likely N-dealkylation sites (N-methyl/N-ethyl adjacent to an activating group) is 1. The molecular formula is C27H34N4O3. The van der Waals surface area contributed by atoms with Crippen molar-refractivity contribution in [2.75, 3.05) is 66.0 Å². The number of fused-ring (bicyclic) bond motifs is 2. The molecule has 0 unspecified atom stereocenters. The van der Waals surface area contributed by atoms with Crippen LogP contribution in [0.3, 0.4) is 0 Å². The van der Waals surface area contributed by atoms with E-state index in [-0.39, 0.29) is 18.2 Å². The molecule has 2 aromatic rings. The van der Waals surface area contributed by atoms with Gasteiger partial charge in [0.15, 0.2) is 5.78 Å². The molecule has 2 aromatic carbocycles. The summed E-state index contributed by atoms with van der Waals surface area (Å²) >= 11 is 0. The lowest BCUT2D eigenvalue weighted by atomic mass is 10.00. The average molecular weight is 463 g/mol. The van der Waals surface area contributed by atoms with Crippen molar-refractivity contribution in [1.82, 2.24) is 19.6 Å². The largest absolute Gasteiger partial charge is 0.491 e. The fraction of sp³-hybridized carbons (Fsp3) is 0.481. The lowest BCUT2D eigenvalue weighted by Gasteiger charge is -2.32. The summed E-state index contributed by atoms with van der Waals surface area (Å²) in [6.07, 6.45) is 0.962. The topological polar surface area (TPSA) is 56.3 Å². The highest BCUT2D eigenvalue weighted by atomic mass is 16.5. The lowest BCUT2D eigenvalue weighted by Crippen LogP contribution is -2.43. The molecule has 0 bridgehead atoms. The van der Waals surface area contributed by atoms with E-state index in [1.165, 1.54) is 11.1 Å². The van der Waals surface area contributed by atoms with Crippen molar-refractivity contribution in [2.45, 2.75) is 19.5 Å². The molecule has 1 fully saturated rings. The molecule has 34 heavy (non-hydrogen) atoms. The van der Waals surface area contributed by atoms with E-state index >= 15 is 0 Å². The van der Waals surface area contributed by atoms with Gasteiger partial charge in [0.25, 0.3) is 5.91 Å². The van der Waals surface area contributed by atoms with Gasteiger partial charge in [0.1, 0.15) is 12.4 Å². The second-order valence-electron chi connectivity index (χ2n) is 9.75. The smallest absolute Gasteiger partial charge is 0.258 e. The molecule has 5 rings (SSSR count). The number of benzene rings is 2. The number of carbonyl (C=O) groups is 2. The number of piperazine rings is 1. The number of nitrogens with zero attached hydrogens (tertiary/aromatic N) is 4. The molecule has 3 aliphatic heterocycles. The monoisotopic (exact) mass is 462 g/mol. The molecule has 0 saturated carbocycles. The SMILES string of the molecule is CN1CCN(Cc2ccc3c(c2)OCCN(CC(=O)CN2CCc4ccccc4C2)C3=O)CC1. The van der Waals surface area contributed by atoms with E-state index in [9.17, 15) is 9.59 Å². The zero-order valence-electron chi connectivity index (χ0n) is 20.0. The summed E-state index contributed by atoms with van der Waals surface area (Å²) < 4.78 is 5.96. The van der Waals surface area contributed by atoms with E-state index in [4.69, 9.17) is 4.74 Å². The number of rotatable bonds is 6. The molecule has 180 valence electrons. The third kappa shape index (κ3) is 5.32.